The number of amides is 3. The molecule has 1 aromatic heterocycles. The van der Waals surface area contributed by atoms with Gasteiger partial charge in [0, 0.05) is 69.1 Å². The Morgan fingerprint density at radius 1 is 1.10 bits per heavy atom. The molecule has 376 valence electrons. The van der Waals surface area contributed by atoms with E-state index < -0.39 is 41.2 Å². The summed E-state index contributed by atoms with van der Waals surface area (Å²) in [4.78, 5) is 73.1. The number of pyridine rings is 1. The van der Waals surface area contributed by atoms with Crippen molar-refractivity contribution in [3.8, 4) is 11.8 Å². The van der Waals surface area contributed by atoms with Crippen LogP contribution in [0.1, 0.15) is 110 Å². The highest BCUT2D eigenvalue weighted by atomic mass is 16.7. The van der Waals surface area contributed by atoms with E-state index >= 15 is 0 Å². The summed E-state index contributed by atoms with van der Waals surface area (Å²) in [6.45, 7) is 19.7. The number of hydrogen-bond acceptors (Lipinski definition) is 13. The number of nitrogens with one attached hydrogen (secondary N) is 2. The van der Waals surface area contributed by atoms with E-state index in [9.17, 15) is 19.2 Å². The third kappa shape index (κ3) is 11.6. The summed E-state index contributed by atoms with van der Waals surface area (Å²) < 4.78 is 20.8. The van der Waals surface area contributed by atoms with Crippen molar-refractivity contribution in [2.24, 2.45) is 11.3 Å². The van der Waals surface area contributed by atoms with Gasteiger partial charge in [-0.05, 0) is 97.2 Å². The highest BCUT2D eigenvalue weighted by Gasteiger charge is 2.46. The zero-order chi connectivity index (χ0) is 49.9. The Morgan fingerprint density at radius 3 is 2.55 bits per heavy atom. The van der Waals surface area contributed by atoms with Gasteiger partial charge in [0.25, 0.3) is 11.8 Å². The number of hydrogen-bond donors (Lipinski definition) is 2. The lowest BCUT2D eigenvalue weighted by Gasteiger charge is -2.42. The summed E-state index contributed by atoms with van der Waals surface area (Å²) in [5.41, 5.74) is 8.68. The van der Waals surface area contributed by atoms with E-state index in [0.29, 0.717) is 58.6 Å². The molecule has 6 heterocycles. The first-order chi connectivity index (χ1) is 32.7. The standard InChI is InChI=1S/C52H75N9O8/c1-13-60-43-19-18-35-26-39(43)40(47(60)38-16-14-22-53-45(38)34(4)66-12)28-51(5,6)32-68-50(65)41-17-15-23-61(55-41)49(64)42(27-36-29-58(35)24-25-67-36)54-48(63)46(33(2)3)57(11)69-37-30-59(31-37)44(62)20-21-52(7,8)56(9)10/h14,16,18-19,22,26,33-34,36-37,40-42,46,55H,13,15,17,23-25,27-32H2,1-12H3/p+1/t34-,36-,40?,41-,42-,46-/m0/s1. The maximum atomic E-state index is 14.7. The first-order valence-electron chi connectivity index (χ1n) is 24.8. The fourth-order valence-corrected chi connectivity index (χ4v) is 10.1. The Hall–Kier alpha value is -4.96. The number of cyclic esters (lactones) is 1. The van der Waals surface area contributed by atoms with Crippen LogP contribution in [0.15, 0.2) is 36.5 Å². The highest BCUT2D eigenvalue weighted by molar-refractivity contribution is 6.06. The topological polar surface area (TPSA) is 161 Å². The highest BCUT2D eigenvalue weighted by Crippen LogP contribution is 2.46. The molecule has 0 aliphatic carbocycles. The third-order valence-electron chi connectivity index (χ3n) is 14.5. The van der Waals surface area contributed by atoms with Crippen LogP contribution in [-0.4, -0.2) is 175 Å². The maximum absolute atomic E-state index is 14.7. The molecule has 2 aromatic rings. The number of methoxy groups -OCH3 is 1. The molecular weight excluding hydrogens is 879 g/mol. The Kier molecular flexibility index (Phi) is 16.2. The van der Waals surface area contributed by atoms with Gasteiger partial charge in [0.2, 0.25) is 11.6 Å². The number of morpholine rings is 1. The lowest BCUT2D eigenvalue weighted by atomic mass is 9.77. The summed E-state index contributed by atoms with van der Waals surface area (Å²) in [7, 11) is 7.25. The molecule has 3 amide bonds. The van der Waals surface area contributed by atoms with Gasteiger partial charge in [-0.25, -0.2) is 5.43 Å². The van der Waals surface area contributed by atoms with Crippen molar-refractivity contribution < 1.29 is 42.8 Å². The number of benzene rings is 1. The molecule has 17 nitrogen and oxygen atoms in total. The number of hydroxylamine groups is 2. The number of likely N-dealkylation sites (N-methyl/N-ethyl adjacent to an activating group) is 1. The molecule has 5 aliphatic heterocycles. The number of ether oxygens (including phenoxy) is 3. The van der Waals surface area contributed by atoms with Crippen molar-refractivity contribution in [1.29, 1.82) is 0 Å². The fourth-order valence-electron chi connectivity index (χ4n) is 10.1. The number of carbonyl (C=O) groups excluding carboxylic acids is 4. The molecule has 6 atom stereocenters. The van der Waals surface area contributed by atoms with Gasteiger partial charge in [-0.2, -0.15) is 9.64 Å². The van der Waals surface area contributed by atoms with Crippen LogP contribution in [0.4, 0.5) is 11.4 Å². The van der Waals surface area contributed by atoms with Crippen molar-refractivity contribution in [3.05, 3.63) is 53.3 Å². The molecule has 6 bridgehead atoms. The second-order valence-corrected chi connectivity index (χ2v) is 21.1. The minimum absolute atomic E-state index is 0.0569. The molecule has 3 saturated heterocycles. The van der Waals surface area contributed by atoms with Crippen molar-refractivity contribution in [1.82, 2.24) is 35.6 Å². The van der Waals surface area contributed by atoms with Gasteiger partial charge in [-0.1, -0.05) is 33.6 Å². The van der Waals surface area contributed by atoms with Crippen LogP contribution < -0.4 is 15.6 Å². The Labute approximate surface area is 409 Å². The van der Waals surface area contributed by atoms with E-state index in [-0.39, 0.29) is 54.8 Å². The van der Waals surface area contributed by atoms with Gasteiger partial charge in [0.05, 0.1) is 61.2 Å². The summed E-state index contributed by atoms with van der Waals surface area (Å²) in [5.74, 6) is 4.11. The van der Waals surface area contributed by atoms with Crippen LogP contribution in [-0.2, 0) is 38.2 Å². The summed E-state index contributed by atoms with van der Waals surface area (Å²) in [5, 5.41) is 6.13. The second kappa shape index (κ2) is 21.6. The Morgan fingerprint density at radius 2 is 1.86 bits per heavy atom. The molecular formula is C52H76N9O8+. The molecule has 0 radical (unpaired) electrons. The SMILES string of the molecule is CC[N+]1=C(c2cccnc2[C@H](C)OC)C2CC(C)(C)COC(=O)[C@@H]3CCCN(N3)C(=O)[C@@H](NC(=O)[C@H](C(C)C)N(C)OC3CN(C(=O)C#CC(C)(C)N(C)C)C3)C[C@H]3CN(CCO3)c3ccc1c2c3. The van der Waals surface area contributed by atoms with Crippen molar-refractivity contribution in [2.75, 3.05) is 85.6 Å². The van der Waals surface area contributed by atoms with E-state index in [1.165, 1.54) is 10.6 Å². The minimum atomic E-state index is -0.998. The second-order valence-electron chi connectivity index (χ2n) is 21.1. The van der Waals surface area contributed by atoms with Gasteiger partial charge in [-0.15, -0.1) is 0 Å². The predicted molar refractivity (Wildman–Crippen MR) is 263 cm³/mol. The van der Waals surface area contributed by atoms with Crippen molar-refractivity contribution >= 4 is 40.8 Å². The van der Waals surface area contributed by atoms with Crippen LogP contribution >= 0.6 is 0 Å². The van der Waals surface area contributed by atoms with E-state index in [0.717, 1.165) is 34.9 Å². The minimum Gasteiger partial charge on any atom is -0.464 e. The van der Waals surface area contributed by atoms with Crippen LogP contribution in [0.2, 0.25) is 0 Å². The number of hydrazine groups is 1. The monoisotopic (exact) mass is 955 g/mol. The van der Waals surface area contributed by atoms with Crippen molar-refractivity contribution in [3.63, 3.8) is 0 Å². The fraction of sp³-hybridized carbons (Fsp3) is 0.654. The van der Waals surface area contributed by atoms with Crippen LogP contribution in [0, 0.1) is 23.2 Å². The number of aromatic nitrogens is 1. The lowest BCUT2D eigenvalue weighted by molar-refractivity contribution is -0.433. The van der Waals surface area contributed by atoms with Crippen LogP contribution in [0.3, 0.4) is 0 Å². The normalized spacial score (nSPS) is 24.3. The van der Waals surface area contributed by atoms with Gasteiger partial charge < -0.3 is 29.3 Å². The number of esters is 1. The molecule has 2 N–H and O–H groups in total. The molecule has 1 unspecified atom stereocenters. The molecule has 17 heteroatoms. The average molecular weight is 955 g/mol. The van der Waals surface area contributed by atoms with E-state index in [1.54, 1.807) is 24.1 Å². The van der Waals surface area contributed by atoms with Gasteiger partial charge in [0.15, 0.2) is 5.71 Å². The third-order valence-corrected chi connectivity index (χ3v) is 14.5. The number of carbonyl (C=O) groups is 4. The summed E-state index contributed by atoms with van der Waals surface area (Å²) in [6, 6.07) is 8.26. The molecule has 5 aliphatic rings. The average Bonchev–Trinajstić information content (AvgIpc) is 3.61. The van der Waals surface area contributed by atoms with E-state index in [1.807, 2.05) is 65.9 Å². The van der Waals surface area contributed by atoms with Crippen molar-refractivity contribution in [2.45, 2.75) is 129 Å². The summed E-state index contributed by atoms with van der Waals surface area (Å²) >= 11 is 0. The molecule has 0 spiro atoms. The van der Waals surface area contributed by atoms with Crippen LogP contribution in [0.25, 0.3) is 0 Å². The quantitative estimate of drug-likeness (QED) is 0.144. The molecule has 0 saturated carbocycles. The van der Waals surface area contributed by atoms with E-state index in [2.05, 4.69) is 77.1 Å². The van der Waals surface area contributed by atoms with Gasteiger partial charge >= 0.3 is 5.97 Å². The predicted octanol–water partition coefficient (Wildman–Crippen LogP) is 4.03. The molecule has 69 heavy (non-hydrogen) atoms. The Balaban J connectivity index is 1.15. The van der Waals surface area contributed by atoms with Gasteiger partial charge in [0.1, 0.15) is 30.8 Å². The van der Waals surface area contributed by atoms with Crippen LogP contribution in [0.5, 0.6) is 0 Å². The molecule has 3 fully saturated rings. The molecule has 7 rings (SSSR count). The smallest absolute Gasteiger partial charge is 0.324 e. The van der Waals surface area contributed by atoms with Gasteiger partial charge in [-0.3, -0.25) is 38.9 Å². The number of anilines is 1. The first kappa shape index (κ1) is 51.9. The number of rotatable bonds is 11. The van der Waals surface area contributed by atoms with E-state index in [4.69, 9.17) is 24.0 Å². The number of fused-ring (bicyclic) bond motifs is 6. The zero-order valence-electron chi connectivity index (χ0n) is 43.0. The largest absolute Gasteiger partial charge is 0.464 e. The zero-order valence-corrected chi connectivity index (χ0v) is 43.0. The lowest BCUT2D eigenvalue weighted by Crippen LogP contribution is -2.63. The number of nitrogens with zero attached hydrogens (tertiary/aromatic N) is 7. The summed E-state index contributed by atoms with van der Waals surface area (Å²) in [6.07, 6.45) is 2.78. The molecule has 1 aromatic carbocycles. The number of likely N-dealkylation sites (tertiary alicyclic amines) is 1. The first-order valence-corrected chi connectivity index (χ1v) is 24.8. The Bertz CT molecular complexity index is 2320. The maximum Gasteiger partial charge on any atom is 0.324 e.